The molecule has 3 fully saturated rings. The van der Waals surface area contributed by atoms with Crippen LogP contribution in [0.15, 0.2) is 54.7 Å². The number of hydrogen-bond donors (Lipinski definition) is 2. The van der Waals surface area contributed by atoms with Crippen molar-refractivity contribution in [2.45, 2.75) is 31.7 Å². The SMILES string of the molecule is N=C(C=Cc1ncc(-c2cccc(N3CCN(C(=O)C4CCOCC4)CC3)n2)[nH]1)N1CCCC1c1cccc(F)c1. The van der Waals surface area contributed by atoms with Gasteiger partial charge in [-0.1, -0.05) is 18.2 Å². The summed E-state index contributed by atoms with van der Waals surface area (Å²) in [7, 11) is 0. The molecule has 3 saturated heterocycles. The normalized spacial score (nSPS) is 20.2. The van der Waals surface area contributed by atoms with E-state index in [2.05, 4.69) is 14.9 Å². The summed E-state index contributed by atoms with van der Waals surface area (Å²) >= 11 is 0. The molecule has 2 aromatic heterocycles. The Morgan fingerprint density at radius 1 is 1.05 bits per heavy atom. The molecule has 0 saturated carbocycles. The van der Waals surface area contributed by atoms with E-state index in [4.69, 9.17) is 15.1 Å². The van der Waals surface area contributed by atoms with Gasteiger partial charge in [-0.2, -0.15) is 0 Å². The van der Waals surface area contributed by atoms with Crippen molar-refractivity contribution in [3.05, 3.63) is 71.9 Å². The van der Waals surface area contributed by atoms with Crippen molar-refractivity contribution < 1.29 is 13.9 Å². The molecule has 9 nitrogen and oxygen atoms in total. The number of pyridine rings is 1. The lowest BCUT2D eigenvalue weighted by Crippen LogP contribution is -2.51. The fourth-order valence-electron chi connectivity index (χ4n) is 6.03. The molecule has 1 atom stereocenters. The molecular formula is C31H36FN7O2. The minimum atomic E-state index is -0.250. The van der Waals surface area contributed by atoms with Crippen LogP contribution in [0.2, 0.25) is 0 Å². The fraction of sp³-hybridized carbons (Fsp3) is 0.419. The van der Waals surface area contributed by atoms with Gasteiger partial charge in [-0.25, -0.2) is 14.4 Å². The van der Waals surface area contributed by atoms with Gasteiger partial charge in [-0.15, -0.1) is 0 Å². The third kappa shape index (κ3) is 6.17. The molecule has 41 heavy (non-hydrogen) atoms. The maximum atomic E-state index is 13.8. The average Bonchev–Trinajstić information content (AvgIpc) is 3.71. The van der Waals surface area contributed by atoms with E-state index >= 15 is 0 Å². The summed E-state index contributed by atoms with van der Waals surface area (Å²) in [5.41, 5.74) is 2.49. The minimum Gasteiger partial charge on any atom is -0.381 e. The number of halogens is 1. The smallest absolute Gasteiger partial charge is 0.225 e. The Labute approximate surface area is 239 Å². The van der Waals surface area contributed by atoms with Crippen LogP contribution in [0.1, 0.15) is 43.1 Å². The van der Waals surface area contributed by atoms with Gasteiger partial charge in [0.15, 0.2) is 0 Å². The van der Waals surface area contributed by atoms with Crippen LogP contribution in [-0.2, 0) is 9.53 Å². The molecule has 214 valence electrons. The number of H-pyrrole nitrogens is 1. The van der Waals surface area contributed by atoms with Gasteiger partial charge in [0, 0.05) is 51.9 Å². The van der Waals surface area contributed by atoms with Crippen molar-refractivity contribution in [2.75, 3.05) is 50.8 Å². The first kappa shape index (κ1) is 27.1. The molecule has 6 rings (SSSR count). The first-order valence-electron chi connectivity index (χ1n) is 14.5. The number of anilines is 1. The van der Waals surface area contributed by atoms with Crippen LogP contribution in [0.25, 0.3) is 17.5 Å². The Balaban J connectivity index is 1.07. The molecule has 0 radical (unpaired) electrons. The van der Waals surface area contributed by atoms with E-state index in [-0.39, 0.29) is 23.7 Å². The highest BCUT2D eigenvalue weighted by Gasteiger charge is 2.29. The van der Waals surface area contributed by atoms with Crippen molar-refractivity contribution in [1.29, 1.82) is 5.41 Å². The Morgan fingerprint density at radius 3 is 2.66 bits per heavy atom. The summed E-state index contributed by atoms with van der Waals surface area (Å²) in [4.78, 5) is 31.8. The van der Waals surface area contributed by atoms with E-state index in [1.54, 1.807) is 30.5 Å². The van der Waals surface area contributed by atoms with E-state index in [9.17, 15) is 9.18 Å². The van der Waals surface area contributed by atoms with Gasteiger partial charge in [-0.05, 0) is 67.7 Å². The van der Waals surface area contributed by atoms with Crippen molar-refractivity contribution >= 4 is 23.6 Å². The predicted octanol–water partition coefficient (Wildman–Crippen LogP) is 4.51. The lowest BCUT2D eigenvalue weighted by atomic mass is 9.98. The number of amidine groups is 1. The Kier molecular flexibility index (Phi) is 8.09. The zero-order valence-corrected chi connectivity index (χ0v) is 23.1. The molecule has 1 amide bonds. The number of piperazine rings is 1. The number of carbonyl (C=O) groups is 1. The molecule has 1 aromatic carbocycles. The van der Waals surface area contributed by atoms with Crippen LogP contribution in [0.5, 0.6) is 0 Å². The number of benzene rings is 1. The van der Waals surface area contributed by atoms with Gasteiger partial charge in [0.25, 0.3) is 0 Å². The topological polar surface area (TPSA) is 101 Å². The number of likely N-dealkylation sites (tertiary alicyclic amines) is 1. The second-order valence-electron chi connectivity index (χ2n) is 10.9. The summed E-state index contributed by atoms with van der Waals surface area (Å²) in [6, 6.07) is 12.6. The molecule has 2 N–H and O–H groups in total. The highest BCUT2D eigenvalue weighted by Crippen LogP contribution is 2.32. The number of amides is 1. The van der Waals surface area contributed by atoms with Crippen molar-refractivity contribution in [1.82, 2.24) is 24.8 Å². The van der Waals surface area contributed by atoms with Gasteiger partial charge in [0.05, 0.1) is 23.6 Å². The zero-order valence-electron chi connectivity index (χ0n) is 23.1. The predicted molar refractivity (Wildman–Crippen MR) is 156 cm³/mol. The van der Waals surface area contributed by atoms with Crippen molar-refractivity contribution in [2.24, 2.45) is 5.92 Å². The van der Waals surface area contributed by atoms with Gasteiger partial charge in [0.2, 0.25) is 5.91 Å². The monoisotopic (exact) mass is 557 g/mol. The first-order chi connectivity index (χ1) is 20.0. The largest absolute Gasteiger partial charge is 0.381 e. The Bertz CT molecular complexity index is 1410. The second-order valence-corrected chi connectivity index (χ2v) is 10.9. The highest BCUT2D eigenvalue weighted by molar-refractivity contribution is 5.94. The number of imidazole rings is 1. The summed E-state index contributed by atoms with van der Waals surface area (Å²) in [5.74, 6) is 2.00. The van der Waals surface area contributed by atoms with E-state index in [0.717, 1.165) is 68.1 Å². The number of aromatic nitrogens is 3. The molecular weight excluding hydrogens is 521 g/mol. The number of ether oxygens (including phenoxy) is 1. The van der Waals surface area contributed by atoms with Crippen LogP contribution >= 0.6 is 0 Å². The molecule has 3 aliphatic rings. The third-order valence-electron chi connectivity index (χ3n) is 8.29. The van der Waals surface area contributed by atoms with Crippen LogP contribution in [0.3, 0.4) is 0 Å². The minimum absolute atomic E-state index is 0.00352. The summed E-state index contributed by atoms with van der Waals surface area (Å²) in [5, 5.41) is 8.64. The molecule has 5 heterocycles. The molecule has 0 spiro atoms. The van der Waals surface area contributed by atoms with Crippen LogP contribution < -0.4 is 4.90 Å². The summed E-state index contributed by atoms with van der Waals surface area (Å²) in [6.45, 7) is 5.01. The lowest BCUT2D eigenvalue weighted by molar-refractivity contribution is -0.138. The van der Waals surface area contributed by atoms with Gasteiger partial charge < -0.3 is 24.4 Å². The van der Waals surface area contributed by atoms with Gasteiger partial charge >= 0.3 is 0 Å². The second kappa shape index (κ2) is 12.2. The maximum absolute atomic E-state index is 13.8. The van der Waals surface area contributed by atoms with Crippen LogP contribution in [-0.4, -0.2) is 82.4 Å². The number of rotatable bonds is 6. The lowest BCUT2D eigenvalue weighted by Gasteiger charge is -2.37. The van der Waals surface area contributed by atoms with Gasteiger partial charge in [0.1, 0.15) is 23.3 Å². The molecule has 10 heteroatoms. The number of hydrogen-bond acceptors (Lipinski definition) is 6. The Morgan fingerprint density at radius 2 is 1.85 bits per heavy atom. The van der Waals surface area contributed by atoms with E-state index in [1.807, 2.05) is 34.1 Å². The van der Waals surface area contributed by atoms with E-state index in [1.165, 1.54) is 6.07 Å². The molecule has 1 unspecified atom stereocenters. The fourth-order valence-corrected chi connectivity index (χ4v) is 6.03. The summed E-state index contributed by atoms with van der Waals surface area (Å²) < 4.78 is 19.2. The maximum Gasteiger partial charge on any atom is 0.225 e. The number of nitrogens with one attached hydrogen (secondary N) is 2. The number of carbonyl (C=O) groups excluding carboxylic acids is 1. The molecule has 0 aliphatic carbocycles. The number of aromatic amines is 1. The third-order valence-corrected chi connectivity index (χ3v) is 8.29. The standard InChI is InChI=1S/C31H36FN7O2/c32-24-5-1-4-23(20-24)27-7-3-13-39(27)28(33)9-10-29-34-21-26(35-29)25-6-2-8-30(36-25)37-14-16-38(17-15-37)31(40)22-11-18-41-19-12-22/h1-2,4-6,8-10,20-22,27,33H,3,7,11-19H2,(H,34,35). The number of nitrogens with zero attached hydrogens (tertiary/aromatic N) is 5. The van der Waals surface area contributed by atoms with Crippen LogP contribution in [0, 0.1) is 17.1 Å². The van der Waals surface area contributed by atoms with Crippen molar-refractivity contribution in [3.8, 4) is 11.4 Å². The van der Waals surface area contributed by atoms with E-state index < -0.39 is 0 Å². The van der Waals surface area contributed by atoms with Crippen molar-refractivity contribution in [3.63, 3.8) is 0 Å². The quantitative estimate of drug-likeness (QED) is 0.342. The molecule has 3 aromatic rings. The average molecular weight is 558 g/mol. The summed E-state index contributed by atoms with van der Waals surface area (Å²) in [6.07, 6.45) is 8.79. The van der Waals surface area contributed by atoms with E-state index in [0.29, 0.717) is 38.0 Å². The zero-order chi connectivity index (χ0) is 28.2. The highest BCUT2D eigenvalue weighted by atomic mass is 19.1. The van der Waals surface area contributed by atoms with Crippen LogP contribution in [0.4, 0.5) is 10.2 Å². The first-order valence-corrected chi connectivity index (χ1v) is 14.5. The molecule has 0 bridgehead atoms. The Hall–Kier alpha value is -4.05. The molecule has 3 aliphatic heterocycles. The van der Waals surface area contributed by atoms with Gasteiger partial charge in [-0.3, -0.25) is 10.2 Å².